The van der Waals surface area contributed by atoms with Crippen molar-refractivity contribution in [3.05, 3.63) is 408 Å². The number of hydrogen-bond acceptors (Lipinski definition) is 18. The quantitative estimate of drug-likeness (QED) is 0.0348. The van der Waals surface area contributed by atoms with Crippen molar-refractivity contribution < 1.29 is 85.8 Å². The largest absolute Gasteiger partial charge is 0.497 e. The molecule has 0 atom stereocenters. The number of rotatable bonds is 33. The van der Waals surface area contributed by atoms with E-state index in [4.69, 9.17) is 42.6 Å². The Hall–Kier alpha value is -14.9. The van der Waals surface area contributed by atoms with Gasteiger partial charge in [-0.15, -0.1) is 0 Å². The highest BCUT2D eigenvalue weighted by Crippen LogP contribution is 2.32. The van der Waals surface area contributed by atoms with Gasteiger partial charge < -0.3 is 42.6 Å². The highest BCUT2D eigenvalue weighted by atomic mass is 16.5. The number of carbonyl (C=O) groups is 9. The van der Waals surface area contributed by atoms with E-state index in [2.05, 4.69) is 0 Å². The number of ether oxygens (including phenoxy) is 9. The molecule has 114 heavy (non-hydrogen) atoms. The first kappa shape index (κ1) is 77.3. The summed E-state index contributed by atoms with van der Waals surface area (Å²) >= 11 is 0. The molecule has 0 N–H and O–H groups in total. The lowest BCUT2D eigenvalue weighted by molar-refractivity contribution is 0.101. The molecule has 0 unspecified atom stereocenters. The second-order valence-corrected chi connectivity index (χ2v) is 26.4. The topological polar surface area (TPSA) is 237 Å². The molecule has 564 valence electrons. The van der Waals surface area contributed by atoms with Gasteiger partial charge in [-0.05, 0) is 199 Å². The maximum absolute atomic E-state index is 14.8. The molecule has 0 aliphatic heterocycles. The van der Waals surface area contributed by atoms with E-state index in [0.29, 0.717) is 68.4 Å². The number of benzene rings is 13. The lowest BCUT2D eigenvalue weighted by Crippen LogP contribution is -2.11. The van der Waals surface area contributed by atoms with Crippen LogP contribution in [0.5, 0.6) is 51.7 Å². The van der Waals surface area contributed by atoms with E-state index in [1.807, 2.05) is 18.2 Å². The molecule has 0 aliphatic rings. The van der Waals surface area contributed by atoms with Crippen LogP contribution in [-0.4, -0.2) is 94.7 Å². The van der Waals surface area contributed by atoms with E-state index < -0.39 is 52.0 Å². The molecule has 0 amide bonds. The van der Waals surface area contributed by atoms with Gasteiger partial charge in [0.1, 0.15) is 71.6 Å². The first-order valence-electron chi connectivity index (χ1n) is 35.9. The fourth-order valence-corrected chi connectivity index (χ4v) is 12.9. The van der Waals surface area contributed by atoms with E-state index in [9.17, 15) is 43.2 Å². The van der Waals surface area contributed by atoms with Gasteiger partial charge in [-0.1, -0.05) is 109 Å². The summed E-state index contributed by atoms with van der Waals surface area (Å²) in [7, 11) is 8.90. The van der Waals surface area contributed by atoms with Crippen molar-refractivity contribution in [3.8, 4) is 51.7 Å². The van der Waals surface area contributed by atoms with Crippen LogP contribution in [0.1, 0.15) is 160 Å². The molecule has 18 nitrogen and oxygen atoms in total. The monoisotopic (exact) mass is 1510 g/mol. The Labute approximate surface area is 656 Å². The minimum Gasteiger partial charge on any atom is -0.497 e. The van der Waals surface area contributed by atoms with Gasteiger partial charge >= 0.3 is 0 Å². The van der Waals surface area contributed by atoms with Crippen LogP contribution in [-0.2, 0) is 19.8 Å². The molecule has 0 spiro atoms. The number of carbonyl (C=O) groups excluding carboxylic acids is 9. The van der Waals surface area contributed by atoms with Crippen molar-refractivity contribution in [1.82, 2.24) is 0 Å². The molecule has 0 heterocycles. The van der Waals surface area contributed by atoms with E-state index in [0.717, 1.165) is 0 Å². The maximum atomic E-state index is 14.8. The zero-order valence-electron chi connectivity index (χ0n) is 62.7. The van der Waals surface area contributed by atoms with Crippen LogP contribution < -0.4 is 42.6 Å². The molecule has 0 fully saturated rings. The SMILES string of the molecule is COc1cccc(C(=O)c2cc(C(=O)c3cccc(OC)c3)cc(C(=O)c3cccc(OCc4cc(COc5cccc(C(=O)c6cc(C(=O)c7cccc(OC)c7)cc(C(=O)c7cccc(OC)c7)c6)c5)cc(COc5cccc(C(=O)c6cc(C(=O)c7cccc(OC)c7)cc(C(=O)c7cccc(OC)c7)c6)c5)c4)c3)c2)c1. The van der Waals surface area contributed by atoms with Crippen LogP contribution in [0, 0.1) is 0 Å². The lowest BCUT2D eigenvalue weighted by Gasteiger charge is -2.14. The zero-order valence-corrected chi connectivity index (χ0v) is 62.7. The van der Waals surface area contributed by atoms with Gasteiger partial charge in [0, 0.05) is 100 Å². The molecule has 13 rings (SSSR count). The molecular weight excluding hydrogens is 1440 g/mol. The second-order valence-electron chi connectivity index (χ2n) is 26.4. The summed E-state index contributed by atoms with van der Waals surface area (Å²) in [6.07, 6.45) is 0. The Morgan fingerprint density at radius 3 is 0.439 bits per heavy atom. The Morgan fingerprint density at radius 1 is 0.167 bits per heavy atom. The van der Waals surface area contributed by atoms with Gasteiger partial charge in [-0.2, -0.15) is 0 Å². The molecule has 0 saturated carbocycles. The first-order valence-corrected chi connectivity index (χ1v) is 35.9. The van der Waals surface area contributed by atoms with Crippen LogP contribution >= 0.6 is 0 Å². The summed E-state index contributed by atoms with van der Waals surface area (Å²) in [6, 6.07) is 77.5. The minimum atomic E-state index is -0.509. The molecule has 18 heteroatoms. The van der Waals surface area contributed by atoms with Crippen molar-refractivity contribution in [1.29, 1.82) is 0 Å². The van der Waals surface area contributed by atoms with E-state index in [1.165, 1.54) is 97.3 Å². The summed E-state index contributed by atoms with van der Waals surface area (Å²) in [5.74, 6) is -0.731. The lowest BCUT2D eigenvalue weighted by atomic mass is 9.92. The summed E-state index contributed by atoms with van der Waals surface area (Å²) in [5.41, 5.74) is 4.75. The summed E-state index contributed by atoms with van der Waals surface area (Å²) in [5, 5.41) is 0. The maximum Gasteiger partial charge on any atom is 0.193 e. The normalized spacial score (nSPS) is 10.8. The number of methoxy groups -OCH3 is 6. The van der Waals surface area contributed by atoms with Gasteiger partial charge in [0.15, 0.2) is 52.0 Å². The summed E-state index contributed by atoms with van der Waals surface area (Å²) in [6.45, 7) is -0.210. The van der Waals surface area contributed by atoms with Crippen molar-refractivity contribution >= 4 is 52.0 Å². The van der Waals surface area contributed by atoms with Gasteiger partial charge in [-0.25, -0.2) is 0 Å². The standard InChI is InChI=1S/C96H72O18/c1-106-79-25-7-16-61(46-79)88(97)70-37-71(89(98)62-17-8-26-80(47-62)107-2)41-76(40-70)94(103)67-22-13-31-85(52-67)112-55-58-34-59(56-113-86-32-14-23-68(53-86)95(104)77-42-72(90(99)63-18-9-27-81(48-63)108-3)38-73(43-77)91(100)64-19-10-28-82(49-64)109-4)36-60(35-58)57-114-87-33-15-24-69(54-87)96(105)78-44-74(92(101)65-20-11-29-83(50-65)110-5)39-75(45-78)93(102)66-21-12-30-84(51-66)111-6/h7-54H,55-57H2,1-6H3. The van der Waals surface area contributed by atoms with Crippen LogP contribution in [0.4, 0.5) is 0 Å². The first-order chi connectivity index (χ1) is 55.3. The minimum absolute atomic E-state index is 0.0592. The van der Waals surface area contributed by atoms with Gasteiger partial charge in [-0.3, -0.25) is 43.2 Å². The number of hydrogen-bond donors (Lipinski definition) is 0. The van der Waals surface area contributed by atoms with Crippen molar-refractivity contribution in [2.75, 3.05) is 42.7 Å². The molecule has 13 aromatic rings. The Bertz CT molecular complexity index is 5130. The van der Waals surface area contributed by atoms with Crippen LogP contribution in [0.25, 0.3) is 0 Å². The smallest absolute Gasteiger partial charge is 0.193 e. The highest BCUT2D eigenvalue weighted by molar-refractivity contribution is 6.20. The third-order valence-corrected chi connectivity index (χ3v) is 18.8. The van der Waals surface area contributed by atoms with E-state index in [1.54, 1.807) is 218 Å². The molecule has 13 aromatic carbocycles. The third-order valence-electron chi connectivity index (χ3n) is 18.8. The van der Waals surface area contributed by atoms with Gasteiger partial charge in [0.2, 0.25) is 0 Å². The molecule has 0 radical (unpaired) electrons. The molecule has 0 aromatic heterocycles. The fraction of sp³-hybridized carbons (Fsp3) is 0.0938. The second kappa shape index (κ2) is 35.2. The molecule has 0 bridgehead atoms. The molecule has 0 aliphatic carbocycles. The van der Waals surface area contributed by atoms with Crippen molar-refractivity contribution in [3.63, 3.8) is 0 Å². The Kier molecular flexibility index (Phi) is 23.8. The summed E-state index contributed by atoms with van der Waals surface area (Å²) < 4.78 is 51.9. The Balaban J connectivity index is 0.802. The number of ketones is 9. The van der Waals surface area contributed by atoms with Crippen LogP contribution in [0.2, 0.25) is 0 Å². The van der Waals surface area contributed by atoms with Gasteiger partial charge in [0.05, 0.1) is 42.7 Å². The Morgan fingerprint density at radius 2 is 0.298 bits per heavy atom. The third kappa shape index (κ3) is 18.2. The highest BCUT2D eigenvalue weighted by Gasteiger charge is 2.26. The zero-order chi connectivity index (χ0) is 79.9. The molecule has 0 saturated heterocycles. The van der Waals surface area contributed by atoms with Crippen molar-refractivity contribution in [2.45, 2.75) is 19.8 Å². The average Bonchev–Trinajstić information content (AvgIpc) is 0.798. The fourth-order valence-electron chi connectivity index (χ4n) is 12.9. The molecular formula is C96H72O18. The average molecular weight is 1510 g/mol. The van der Waals surface area contributed by atoms with E-state index >= 15 is 0 Å². The predicted octanol–water partition coefficient (Wildman–Crippen LogP) is 17.6. The van der Waals surface area contributed by atoms with Crippen LogP contribution in [0.15, 0.2) is 291 Å². The predicted molar refractivity (Wildman–Crippen MR) is 427 cm³/mol. The van der Waals surface area contributed by atoms with Gasteiger partial charge in [0.25, 0.3) is 0 Å². The van der Waals surface area contributed by atoms with Crippen molar-refractivity contribution in [2.24, 2.45) is 0 Å². The van der Waals surface area contributed by atoms with E-state index in [-0.39, 0.29) is 120 Å². The summed E-state index contributed by atoms with van der Waals surface area (Å²) in [4.78, 5) is 130. The van der Waals surface area contributed by atoms with Crippen LogP contribution in [0.3, 0.4) is 0 Å².